The summed E-state index contributed by atoms with van der Waals surface area (Å²) in [4.78, 5) is 23.1. The van der Waals surface area contributed by atoms with Gasteiger partial charge in [-0.15, -0.1) is 0 Å². The van der Waals surface area contributed by atoms with Crippen molar-refractivity contribution in [3.63, 3.8) is 0 Å². The van der Waals surface area contributed by atoms with Crippen LogP contribution < -0.4 is 20.7 Å². The van der Waals surface area contributed by atoms with Gasteiger partial charge in [-0.1, -0.05) is 0 Å². The normalized spacial score (nSPS) is 17.6. The fourth-order valence-electron chi connectivity index (χ4n) is 2.20. The van der Waals surface area contributed by atoms with Crippen LogP contribution in [0.5, 0.6) is 5.75 Å². The summed E-state index contributed by atoms with van der Waals surface area (Å²) in [5, 5.41) is 8.66. The quantitative estimate of drug-likeness (QED) is 0.776. The van der Waals surface area contributed by atoms with Crippen molar-refractivity contribution in [2.75, 3.05) is 24.3 Å². The second kappa shape index (κ2) is 6.38. The van der Waals surface area contributed by atoms with Gasteiger partial charge in [0.2, 0.25) is 11.8 Å². The van der Waals surface area contributed by atoms with Crippen LogP contribution >= 0.6 is 0 Å². The third kappa shape index (κ3) is 3.48. The van der Waals surface area contributed by atoms with Crippen LogP contribution in [-0.4, -0.2) is 31.5 Å². The van der Waals surface area contributed by atoms with Crippen molar-refractivity contribution in [3.8, 4) is 5.75 Å². The first-order valence-corrected chi connectivity index (χ1v) is 6.60. The number of nitrogens with one attached hydrogen (secondary N) is 3. The van der Waals surface area contributed by atoms with Crippen LogP contribution in [0.1, 0.15) is 19.8 Å². The molecule has 1 aromatic carbocycles. The maximum atomic E-state index is 12.0. The minimum Gasteiger partial charge on any atom is -0.494 e. The van der Waals surface area contributed by atoms with Crippen LogP contribution in [0.25, 0.3) is 0 Å². The number of carbonyl (C=O) groups excluding carboxylic acids is 2. The number of anilines is 2. The fraction of sp³-hybridized carbons (Fsp3) is 0.429. The molecule has 0 radical (unpaired) electrons. The Kier molecular flexibility index (Phi) is 4.57. The molecule has 1 atom stereocenters. The molecule has 108 valence electrons. The Bertz CT molecular complexity index is 510. The number of ether oxygens (including phenoxy) is 1. The molecule has 1 saturated heterocycles. The Balaban J connectivity index is 2.08. The van der Waals surface area contributed by atoms with E-state index >= 15 is 0 Å². The molecule has 1 heterocycles. The Labute approximate surface area is 117 Å². The van der Waals surface area contributed by atoms with Crippen LogP contribution in [0, 0.1) is 0 Å². The maximum absolute atomic E-state index is 12.0. The highest BCUT2D eigenvalue weighted by Crippen LogP contribution is 2.28. The fourth-order valence-corrected chi connectivity index (χ4v) is 2.20. The van der Waals surface area contributed by atoms with Gasteiger partial charge in [-0.2, -0.15) is 0 Å². The molecule has 3 N–H and O–H groups in total. The topological polar surface area (TPSA) is 79.5 Å². The van der Waals surface area contributed by atoms with Crippen molar-refractivity contribution in [1.29, 1.82) is 0 Å². The SMILES string of the molecule is COc1cc(NC(=O)[C@@H]2CCCN2)ccc1NC(C)=O. The van der Waals surface area contributed by atoms with E-state index in [4.69, 9.17) is 4.74 Å². The summed E-state index contributed by atoms with van der Waals surface area (Å²) in [6.07, 6.45) is 1.87. The van der Waals surface area contributed by atoms with E-state index in [1.54, 1.807) is 18.2 Å². The standard InChI is InChI=1S/C14H19N3O3/c1-9(18)16-11-6-5-10(8-13(11)20-2)17-14(19)12-4-3-7-15-12/h5-6,8,12,15H,3-4,7H2,1-2H3,(H,16,18)(H,17,19)/t12-/m0/s1. The zero-order valence-corrected chi connectivity index (χ0v) is 11.7. The second-order valence-corrected chi connectivity index (χ2v) is 4.73. The average molecular weight is 277 g/mol. The van der Waals surface area contributed by atoms with E-state index in [1.165, 1.54) is 14.0 Å². The smallest absolute Gasteiger partial charge is 0.241 e. The number of rotatable bonds is 4. The molecule has 0 saturated carbocycles. The molecule has 1 aromatic rings. The van der Waals surface area contributed by atoms with Crippen molar-refractivity contribution in [1.82, 2.24) is 5.32 Å². The predicted molar refractivity (Wildman–Crippen MR) is 77.0 cm³/mol. The van der Waals surface area contributed by atoms with Crippen LogP contribution in [-0.2, 0) is 9.59 Å². The number of hydrogen-bond acceptors (Lipinski definition) is 4. The van der Waals surface area contributed by atoms with E-state index in [2.05, 4.69) is 16.0 Å². The minimum absolute atomic E-state index is 0.0446. The van der Waals surface area contributed by atoms with E-state index < -0.39 is 0 Å². The van der Waals surface area contributed by atoms with Crippen molar-refractivity contribution in [3.05, 3.63) is 18.2 Å². The maximum Gasteiger partial charge on any atom is 0.241 e. The molecular weight excluding hydrogens is 258 g/mol. The first-order chi connectivity index (χ1) is 9.60. The second-order valence-electron chi connectivity index (χ2n) is 4.73. The molecule has 2 rings (SSSR count). The molecule has 6 nitrogen and oxygen atoms in total. The summed E-state index contributed by atoms with van der Waals surface area (Å²) in [5.41, 5.74) is 1.23. The molecular formula is C14H19N3O3. The Morgan fingerprint density at radius 1 is 1.35 bits per heavy atom. The van der Waals surface area contributed by atoms with Gasteiger partial charge in [-0.05, 0) is 31.5 Å². The van der Waals surface area contributed by atoms with Crippen molar-refractivity contribution in [2.45, 2.75) is 25.8 Å². The van der Waals surface area contributed by atoms with Gasteiger partial charge in [-0.25, -0.2) is 0 Å². The van der Waals surface area contributed by atoms with E-state index in [9.17, 15) is 9.59 Å². The van der Waals surface area contributed by atoms with Gasteiger partial charge in [0.25, 0.3) is 0 Å². The number of hydrogen-bond donors (Lipinski definition) is 3. The molecule has 20 heavy (non-hydrogen) atoms. The first-order valence-electron chi connectivity index (χ1n) is 6.60. The molecule has 0 unspecified atom stereocenters. The van der Waals surface area contributed by atoms with Crippen LogP contribution in [0.2, 0.25) is 0 Å². The van der Waals surface area contributed by atoms with Gasteiger partial charge in [0.1, 0.15) is 5.75 Å². The lowest BCUT2D eigenvalue weighted by atomic mass is 10.2. The predicted octanol–water partition coefficient (Wildman–Crippen LogP) is 1.34. The largest absolute Gasteiger partial charge is 0.494 e. The van der Waals surface area contributed by atoms with Gasteiger partial charge in [0.05, 0.1) is 18.8 Å². The van der Waals surface area contributed by atoms with Crippen LogP contribution in [0.4, 0.5) is 11.4 Å². The van der Waals surface area contributed by atoms with E-state index in [1.807, 2.05) is 0 Å². The highest BCUT2D eigenvalue weighted by atomic mass is 16.5. The lowest BCUT2D eigenvalue weighted by Crippen LogP contribution is -2.35. The number of carbonyl (C=O) groups is 2. The number of amides is 2. The number of benzene rings is 1. The van der Waals surface area contributed by atoms with Gasteiger partial charge in [-0.3, -0.25) is 9.59 Å². The molecule has 1 fully saturated rings. The summed E-state index contributed by atoms with van der Waals surface area (Å²) >= 11 is 0. The van der Waals surface area contributed by atoms with Crippen molar-refractivity contribution < 1.29 is 14.3 Å². The van der Waals surface area contributed by atoms with E-state index in [-0.39, 0.29) is 17.9 Å². The van der Waals surface area contributed by atoms with Gasteiger partial charge >= 0.3 is 0 Å². The Morgan fingerprint density at radius 2 is 2.15 bits per heavy atom. The summed E-state index contributed by atoms with van der Waals surface area (Å²) in [6.45, 7) is 2.31. The van der Waals surface area contributed by atoms with Gasteiger partial charge in [0, 0.05) is 18.7 Å². The monoisotopic (exact) mass is 277 g/mol. The molecule has 0 spiro atoms. The zero-order valence-electron chi connectivity index (χ0n) is 11.7. The minimum atomic E-state index is -0.171. The van der Waals surface area contributed by atoms with E-state index in [0.29, 0.717) is 17.1 Å². The Hall–Kier alpha value is -2.08. The summed E-state index contributed by atoms with van der Waals surface area (Å²) in [5.74, 6) is 0.296. The lowest BCUT2D eigenvalue weighted by Gasteiger charge is -2.14. The molecule has 6 heteroatoms. The van der Waals surface area contributed by atoms with Crippen LogP contribution in [0.3, 0.4) is 0 Å². The van der Waals surface area contributed by atoms with Crippen molar-refractivity contribution in [2.24, 2.45) is 0 Å². The summed E-state index contributed by atoms with van der Waals surface area (Å²) < 4.78 is 5.21. The van der Waals surface area contributed by atoms with Gasteiger partial charge in [0.15, 0.2) is 0 Å². The third-order valence-corrected chi connectivity index (χ3v) is 3.16. The molecule has 0 aromatic heterocycles. The van der Waals surface area contributed by atoms with Gasteiger partial charge < -0.3 is 20.7 Å². The summed E-state index contributed by atoms with van der Waals surface area (Å²) in [7, 11) is 1.52. The molecule has 0 aliphatic carbocycles. The number of methoxy groups -OCH3 is 1. The zero-order chi connectivity index (χ0) is 14.5. The van der Waals surface area contributed by atoms with Crippen LogP contribution in [0.15, 0.2) is 18.2 Å². The molecule has 0 bridgehead atoms. The summed E-state index contributed by atoms with van der Waals surface area (Å²) in [6, 6.07) is 5.01. The lowest BCUT2D eigenvalue weighted by molar-refractivity contribution is -0.118. The molecule has 1 aliphatic heterocycles. The molecule has 1 aliphatic rings. The van der Waals surface area contributed by atoms with E-state index in [0.717, 1.165) is 19.4 Å². The molecule has 2 amide bonds. The Morgan fingerprint density at radius 3 is 2.75 bits per heavy atom. The first kappa shape index (κ1) is 14.3. The highest BCUT2D eigenvalue weighted by Gasteiger charge is 2.22. The third-order valence-electron chi connectivity index (χ3n) is 3.16. The highest BCUT2D eigenvalue weighted by molar-refractivity contribution is 5.96. The average Bonchev–Trinajstić information content (AvgIpc) is 2.94. The van der Waals surface area contributed by atoms with Crippen molar-refractivity contribution >= 4 is 23.2 Å².